The maximum atomic E-state index is 11.7. The first-order chi connectivity index (χ1) is 7.70. The molecule has 1 unspecified atom stereocenters. The predicted molar refractivity (Wildman–Crippen MR) is 70.4 cm³/mol. The summed E-state index contributed by atoms with van der Waals surface area (Å²) in [5, 5.41) is 1.81. The van der Waals surface area contributed by atoms with Crippen molar-refractivity contribution in [3.63, 3.8) is 0 Å². The highest BCUT2D eigenvalue weighted by Crippen LogP contribution is 2.29. The van der Waals surface area contributed by atoms with Gasteiger partial charge >= 0.3 is 0 Å². The molecule has 2 nitrogen and oxygen atoms in total. The fourth-order valence-corrected chi connectivity index (χ4v) is 3.75. The van der Waals surface area contributed by atoms with Gasteiger partial charge in [-0.1, -0.05) is 13.8 Å². The van der Waals surface area contributed by atoms with Gasteiger partial charge in [-0.3, -0.25) is 4.79 Å². The molecule has 2 rings (SSSR count). The lowest BCUT2D eigenvalue weighted by Gasteiger charge is -2.06. The van der Waals surface area contributed by atoms with Crippen molar-refractivity contribution < 1.29 is 4.79 Å². The molecule has 0 saturated heterocycles. The Hall–Kier alpha value is -0.350. The van der Waals surface area contributed by atoms with Gasteiger partial charge in [0.1, 0.15) is 5.01 Å². The molecule has 0 aliphatic heterocycles. The molecule has 88 valence electrons. The van der Waals surface area contributed by atoms with E-state index in [0.29, 0.717) is 17.5 Å². The van der Waals surface area contributed by atoms with Crippen LogP contribution in [0.4, 0.5) is 0 Å². The number of aryl methyl sites for hydroxylation is 1. The monoisotopic (exact) mass is 255 g/mol. The first-order valence-corrected chi connectivity index (χ1v) is 7.70. The highest BCUT2D eigenvalue weighted by Gasteiger charge is 2.21. The predicted octanol–water partition coefficient (Wildman–Crippen LogP) is 3.69. The smallest absolute Gasteiger partial charge is 0.174 e. The number of carbonyl (C=O) groups excluding carboxylic acids is 1. The van der Waals surface area contributed by atoms with E-state index >= 15 is 0 Å². The fraction of sp³-hybridized carbons (Fsp3) is 0.667. The molecule has 1 aliphatic rings. The van der Waals surface area contributed by atoms with Crippen LogP contribution >= 0.6 is 23.1 Å². The highest BCUT2D eigenvalue weighted by atomic mass is 32.2. The molecule has 4 heteroatoms. The average Bonchev–Trinajstić information content (AvgIpc) is 2.70. The zero-order valence-electron chi connectivity index (χ0n) is 9.78. The van der Waals surface area contributed by atoms with Crippen LogP contribution in [0.25, 0.3) is 0 Å². The fourth-order valence-electron chi connectivity index (χ4n) is 1.71. The summed E-state index contributed by atoms with van der Waals surface area (Å²) in [4.78, 5) is 17.2. The topological polar surface area (TPSA) is 30.0 Å². The molecule has 0 bridgehead atoms. The first kappa shape index (κ1) is 12.1. The molecule has 0 radical (unpaired) electrons. The van der Waals surface area contributed by atoms with Gasteiger partial charge in [-0.25, -0.2) is 4.98 Å². The summed E-state index contributed by atoms with van der Waals surface area (Å²) in [5.74, 6) is 1.26. The maximum absolute atomic E-state index is 11.7. The number of hydrogen-bond acceptors (Lipinski definition) is 4. The van der Waals surface area contributed by atoms with Crippen LogP contribution in [-0.4, -0.2) is 16.0 Å². The molecule has 0 N–H and O–H groups in total. The third-order valence-corrected chi connectivity index (χ3v) is 5.54. The quantitative estimate of drug-likeness (QED) is 0.822. The minimum Gasteiger partial charge on any atom is -0.293 e. The average molecular weight is 255 g/mol. The summed E-state index contributed by atoms with van der Waals surface area (Å²) in [6.07, 6.45) is 3.88. The van der Waals surface area contributed by atoms with E-state index in [1.54, 1.807) is 11.3 Å². The van der Waals surface area contributed by atoms with E-state index < -0.39 is 0 Å². The first-order valence-electron chi connectivity index (χ1n) is 5.84. The summed E-state index contributed by atoms with van der Waals surface area (Å²) in [6.45, 7) is 4.44. The summed E-state index contributed by atoms with van der Waals surface area (Å²) in [5.41, 5.74) is 1.06. The maximum Gasteiger partial charge on any atom is 0.174 e. The van der Waals surface area contributed by atoms with E-state index in [0.717, 1.165) is 34.2 Å². The lowest BCUT2D eigenvalue weighted by molar-refractivity contribution is 0.0976. The van der Waals surface area contributed by atoms with Crippen molar-refractivity contribution in [1.29, 1.82) is 0 Å². The lowest BCUT2D eigenvalue weighted by Crippen LogP contribution is -2.07. The van der Waals surface area contributed by atoms with Crippen LogP contribution in [0.2, 0.25) is 0 Å². The van der Waals surface area contributed by atoms with Crippen molar-refractivity contribution in [2.45, 2.75) is 50.5 Å². The van der Waals surface area contributed by atoms with Crippen LogP contribution in [0, 0.1) is 0 Å². The minimum absolute atomic E-state index is 0.304. The SMILES string of the molecule is CCC(C)SCc1nc2c(s1)C(=O)CCC2. The van der Waals surface area contributed by atoms with E-state index in [9.17, 15) is 4.79 Å². The Balaban J connectivity index is 2.04. The van der Waals surface area contributed by atoms with E-state index in [1.807, 2.05) is 11.8 Å². The van der Waals surface area contributed by atoms with Gasteiger partial charge in [-0.05, 0) is 19.3 Å². The second kappa shape index (κ2) is 5.32. The summed E-state index contributed by atoms with van der Waals surface area (Å²) in [7, 11) is 0. The van der Waals surface area contributed by atoms with Gasteiger partial charge in [0, 0.05) is 17.4 Å². The third kappa shape index (κ3) is 2.66. The molecule has 0 spiro atoms. The largest absolute Gasteiger partial charge is 0.293 e. The molecule has 16 heavy (non-hydrogen) atoms. The van der Waals surface area contributed by atoms with E-state index in [-0.39, 0.29) is 0 Å². The Bertz CT molecular complexity index is 386. The van der Waals surface area contributed by atoms with Crippen LogP contribution in [0.3, 0.4) is 0 Å². The van der Waals surface area contributed by atoms with E-state index in [4.69, 9.17) is 0 Å². The summed E-state index contributed by atoms with van der Waals surface area (Å²) < 4.78 is 0. The number of aromatic nitrogens is 1. The second-order valence-electron chi connectivity index (χ2n) is 4.19. The Morgan fingerprint density at radius 3 is 3.00 bits per heavy atom. The van der Waals surface area contributed by atoms with Crippen LogP contribution in [0.5, 0.6) is 0 Å². The molecule has 1 heterocycles. The van der Waals surface area contributed by atoms with Crippen LogP contribution in [0.1, 0.15) is 53.5 Å². The molecule has 0 aromatic carbocycles. The summed E-state index contributed by atoms with van der Waals surface area (Å²) >= 11 is 3.55. The second-order valence-corrected chi connectivity index (χ2v) is 6.70. The number of fused-ring (bicyclic) bond motifs is 1. The minimum atomic E-state index is 0.304. The van der Waals surface area contributed by atoms with Gasteiger partial charge in [-0.15, -0.1) is 11.3 Å². The zero-order valence-corrected chi connectivity index (χ0v) is 11.4. The van der Waals surface area contributed by atoms with Crippen molar-refractivity contribution >= 4 is 28.9 Å². The van der Waals surface area contributed by atoms with Crippen LogP contribution in [-0.2, 0) is 12.2 Å². The number of thiazole rings is 1. The molecule has 0 fully saturated rings. The third-order valence-electron chi connectivity index (χ3n) is 2.88. The molecule has 1 aromatic heterocycles. The molecule has 1 aromatic rings. The van der Waals surface area contributed by atoms with E-state index in [1.165, 1.54) is 6.42 Å². The number of ketones is 1. The van der Waals surface area contributed by atoms with E-state index in [2.05, 4.69) is 18.8 Å². The van der Waals surface area contributed by atoms with Crippen molar-refractivity contribution in [2.75, 3.05) is 0 Å². The normalized spacial score (nSPS) is 17.2. The Kier molecular flexibility index (Phi) is 4.03. The van der Waals surface area contributed by atoms with Crippen molar-refractivity contribution in [1.82, 2.24) is 4.98 Å². The molecule has 1 aliphatic carbocycles. The molecule has 0 amide bonds. The van der Waals surface area contributed by atoms with Crippen LogP contribution < -0.4 is 0 Å². The van der Waals surface area contributed by atoms with Gasteiger partial charge in [0.15, 0.2) is 5.78 Å². The van der Waals surface area contributed by atoms with Gasteiger partial charge in [0.2, 0.25) is 0 Å². The van der Waals surface area contributed by atoms with Gasteiger partial charge in [0.25, 0.3) is 0 Å². The number of carbonyl (C=O) groups is 1. The van der Waals surface area contributed by atoms with Crippen molar-refractivity contribution in [2.24, 2.45) is 0 Å². The lowest BCUT2D eigenvalue weighted by atomic mass is 10.0. The number of thioether (sulfide) groups is 1. The number of nitrogens with zero attached hydrogens (tertiary/aromatic N) is 1. The van der Waals surface area contributed by atoms with Gasteiger partial charge < -0.3 is 0 Å². The molecular weight excluding hydrogens is 238 g/mol. The Morgan fingerprint density at radius 2 is 2.31 bits per heavy atom. The summed E-state index contributed by atoms with van der Waals surface area (Å²) in [6, 6.07) is 0. The zero-order chi connectivity index (χ0) is 11.5. The number of rotatable bonds is 4. The molecular formula is C12H17NOS2. The number of Topliss-reactive ketones (excluding diaryl/α,β-unsaturated/α-hetero) is 1. The Labute approximate surface area is 105 Å². The Morgan fingerprint density at radius 1 is 1.50 bits per heavy atom. The molecule has 0 saturated carbocycles. The highest BCUT2D eigenvalue weighted by molar-refractivity contribution is 7.99. The van der Waals surface area contributed by atoms with Gasteiger partial charge in [-0.2, -0.15) is 11.8 Å². The van der Waals surface area contributed by atoms with Crippen molar-refractivity contribution in [3.8, 4) is 0 Å². The standard InChI is InChI=1S/C12H17NOS2/c1-3-8(2)15-7-11-13-9-5-4-6-10(14)12(9)16-11/h8H,3-7H2,1-2H3. The number of hydrogen-bond donors (Lipinski definition) is 0. The van der Waals surface area contributed by atoms with Crippen LogP contribution in [0.15, 0.2) is 0 Å². The van der Waals surface area contributed by atoms with Crippen molar-refractivity contribution in [3.05, 3.63) is 15.6 Å². The molecule has 1 atom stereocenters. The van der Waals surface area contributed by atoms with Gasteiger partial charge in [0.05, 0.1) is 10.6 Å².